The number of rotatable bonds is 9. The van der Waals surface area contributed by atoms with E-state index < -0.39 is 0 Å². The zero-order chi connectivity index (χ0) is 17.8. The molecular formula is C20H28N2OS2. The number of aryl methyl sites for hydroxylation is 2. The number of aromatic nitrogens is 2. The molecule has 0 saturated heterocycles. The first kappa shape index (κ1) is 18.7. The summed E-state index contributed by atoms with van der Waals surface area (Å²) in [5.41, 5.74) is 2.41. The van der Waals surface area contributed by atoms with E-state index in [9.17, 15) is 4.79 Å². The average molecular weight is 377 g/mol. The Bertz CT molecular complexity index is 819. The lowest BCUT2D eigenvalue weighted by atomic mass is 10.2. The highest BCUT2D eigenvalue weighted by molar-refractivity contribution is 7.99. The summed E-state index contributed by atoms with van der Waals surface area (Å²) in [6, 6.07) is 0. The van der Waals surface area contributed by atoms with Crippen molar-refractivity contribution in [1.82, 2.24) is 9.55 Å². The topological polar surface area (TPSA) is 34.9 Å². The van der Waals surface area contributed by atoms with Gasteiger partial charge in [-0.1, -0.05) is 56.5 Å². The molecule has 5 heteroatoms. The van der Waals surface area contributed by atoms with Crippen LogP contribution in [0.15, 0.2) is 22.1 Å². The Balaban J connectivity index is 1.85. The Hall–Kier alpha value is -1.07. The fourth-order valence-corrected chi connectivity index (χ4v) is 5.75. The molecule has 0 atom stereocenters. The molecule has 0 radical (unpaired) electrons. The lowest BCUT2D eigenvalue weighted by Crippen LogP contribution is -2.24. The first-order chi connectivity index (χ1) is 12.1. The molecule has 3 rings (SSSR count). The van der Waals surface area contributed by atoms with Crippen molar-refractivity contribution in [1.29, 1.82) is 0 Å². The van der Waals surface area contributed by atoms with E-state index >= 15 is 0 Å². The Kier molecular flexibility index (Phi) is 6.39. The summed E-state index contributed by atoms with van der Waals surface area (Å²) in [5, 5.41) is 1.75. The maximum absolute atomic E-state index is 13.2. The number of nitrogens with zero attached hydrogens (tertiary/aromatic N) is 2. The maximum atomic E-state index is 13.2. The van der Waals surface area contributed by atoms with E-state index in [2.05, 4.69) is 13.5 Å². The van der Waals surface area contributed by atoms with Crippen LogP contribution in [0.4, 0.5) is 0 Å². The molecule has 2 aromatic heterocycles. The van der Waals surface area contributed by atoms with Crippen molar-refractivity contribution in [2.24, 2.45) is 0 Å². The largest absolute Gasteiger partial charge is 0.283 e. The lowest BCUT2D eigenvalue weighted by Gasteiger charge is -2.12. The highest BCUT2D eigenvalue weighted by atomic mass is 32.2. The van der Waals surface area contributed by atoms with Crippen LogP contribution in [-0.4, -0.2) is 15.3 Å². The summed E-state index contributed by atoms with van der Waals surface area (Å²) in [6.45, 7) is 8.80. The van der Waals surface area contributed by atoms with Gasteiger partial charge in [0.15, 0.2) is 5.16 Å². The number of unbranched alkanes of at least 4 members (excludes halogenated alkanes) is 4. The van der Waals surface area contributed by atoms with Crippen molar-refractivity contribution in [2.75, 3.05) is 5.75 Å². The van der Waals surface area contributed by atoms with Crippen LogP contribution in [0.3, 0.4) is 0 Å². The average Bonchev–Trinajstić information content (AvgIpc) is 3.14. The predicted molar refractivity (Wildman–Crippen MR) is 110 cm³/mol. The quantitative estimate of drug-likeness (QED) is 0.248. The molecule has 0 unspecified atom stereocenters. The smallest absolute Gasteiger partial charge is 0.263 e. The maximum Gasteiger partial charge on any atom is 0.263 e. The molecule has 136 valence electrons. The van der Waals surface area contributed by atoms with Gasteiger partial charge in [0.2, 0.25) is 0 Å². The highest BCUT2D eigenvalue weighted by Crippen LogP contribution is 2.35. The summed E-state index contributed by atoms with van der Waals surface area (Å²) < 4.78 is 1.85. The SMILES string of the molecule is C=C(C)Cn1c(SCCCCCCC)nc2sc3c(c2c1=O)CCC3. The van der Waals surface area contributed by atoms with Gasteiger partial charge in [0.25, 0.3) is 5.56 Å². The minimum absolute atomic E-state index is 0.140. The molecule has 0 aliphatic heterocycles. The molecule has 2 aromatic rings. The number of fused-ring (bicyclic) bond motifs is 3. The molecule has 2 heterocycles. The van der Waals surface area contributed by atoms with E-state index in [1.807, 2.05) is 11.5 Å². The first-order valence-corrected chi connectivity index (χ1v) is 11.2. The van der Waals surface area contributed by atoms with Crippen LogP contribution in [0, 0.1) is 0 Å². The van der Waals surface area contributed by atoms with E-state index in [4.69, 9.17) is 4.98 Å². The lowest BCUT2D eigenvalue weighted by molar-refractivity contribution is 0.645. The molecule has 0 bridgehead atoms. The molecule has 0 N–H and O–H groups in total. The summed E-state index contributed by atoms with van der Waals surface area (Å²) in [7, 11) is 0. The number of allylic oxidation sites excluding steroid dienone is 1. The number of hydrogen-bond acceptors (Lipinski definition) is 4. The monoisotopic (exact) mass is 376 g/mol. The van der Waals surface area contributed by atoms with Gasteiger partial charge in [-0.25, -0.2) is 4.98 Å². The molecule has 0 aromatic carbocycles. The van der Waals surface area contributed by atoms with Crippen LogP contribution in [0.2, 0.25) is 0 Å². The summed E-state index contributed by atoms with van der Waals surface area (Å²) in [6.07, 6.45) is 9.65. The predicted octanol–water partition coefficient (Wildman–Crippen LogP) is 5.59. The van der Waals surface area contributed by atoms with E-state index in [-0.39, 0.29) is 5.56 Å². The minimum Gasteiger partial charge on any atom is -0.283 e. The molecule has 3 nitrogen and oxygen atoms in total. The Labute approximate surface area is 158 Å². The zero-order valence-corrected chi connectivity index (χ0v) is 17.0. The third-order valence-electron chi connectivity index (χ3n) is 4.70. The highest BCUT2D eigenvalue weighted by Gasteiger charge is 2.23. The van der Waals surface area contributed by atoms with Crippen LogP contribution >= 0.6 is 23.1 Å². The summed E-state index contributed by atoms with van der Waals surface area (Å²) in [4.78, 5) is 20.4. The van der Waals surface area contributed by atoms with Crippen molar-refractivity contribution in [3.8, 4) is 0 Å². The van der Waals surface area contributed by atoms with Gasteiger partial charge < -0.3 is 0 Å². The second kappa shape index (κ2) is 8.54. The third-order valence-corrected chi connectivity index (χ3v) is 6.95. The molecular weight excluding hydrogens is 348 g/mol. The van der Waals surface area contributed by atoms with E-state index in [1.54, 1.807) is 23.1 Å². The molecule has 1 aliphatic carbocycles. The second-order valence-corrected chi connectivity index (χ2v) is 9.19. The van der Waals surface area contributed by atoms with Crippen molar-refractivity contribution in [2.45, 2.75) is 76.9 Å². The fraction of sp³-hybridized carbons (Fsp3) is 0.600. The number of hydrogen-bond donors (Lipinski definition) is 0. The van der Waals surface area contributed by atoms with Gasteiger partial charge in [0.1, 0.15) is 4.83 Å². The van der Waals surface area contributed by atoms with Gasteiger partial charge >= 0.3 is 0 Å². The van der Waals surface area contributed by atoms with Crippen molar-refractivity contribution < 1.29 is 0 Å². The molecule has 25 heavy (non-hydrogen) atoms. The fourth-order valence-electron chi connectivity index (χ4n) is 3.45. The third kappa shape index (κ3) is 4.20. The van der Waals surface area contributed by atoms with Gasteiger partial charge in [-0.2, -0.15) is 0 Å². The van der Waals surface area contributed by atoms with Crippen LogP contribution in [-0.2, 0) is 19.4 Å². The Morgan fingerprint density at radius 2 is 2.08 bits per heavy atom. The molecule has 1 aliphatic rings. The zero-order valence-electron chi connectivity index (χ0n) is 15.4. The Morgan fingerprint density at radius 3 is 2.84 bits per heavy atom. The number of thiophene rings is 1. The van der Waals surface area contributed by atoms with E-state index in [0.717, 1.165) is 39.5 Å². The molecule has 0 fully saturated rings. The standard InChI is InChI=1S/C20H28N2OS2/c1-4-5-6-7-8-12-24-20-21-18-17(15-10-9-11-16(15)25-18)19(23)22(20)13-14(2)3/h2,4-13H2,1,3H3. The van der Waals surface area contributed by atoms with Gasteiger partial charge in [-0.05, 0) is 38.2 Å². The molecule has 0 amide bonds. The van der Waals surface area contributed by atoms with E-state index in [1.165, 1.54) is 49.0 Å². The van der Waals surface area contributed by atoms with Gasteiger partial charge in [0, 0.05) is 17.2 Å². The molecule has 0 saturated carbocycles. The van der Waals surface area contributed by atoms with Crippen LogP contribution < -0.4 is 5.56 Å². The first-order valence-electron chi connectivity index (χ1n) is 9.44. The van der Waals surface area contributed by atoms with Crippen LogP contribution in [0.5, 0.6) is 0 Å². The van der Waals surface area contributed by atoms with Crippen LogP contribution in [0.1, 0.15) is 62.8 Å². The minimum atomic E-state index is 0.140. The van der Waals surface area contributed by atoms with Crippen molar-refractivity contribution >= 4 is 33.3 Å². The summed E-state index contributed by atoms with van der Waals surface area (Å²) in [5.74, 6) is 1.03. The van der Waals surface area contributed by atoms with Crippen molar-refractivity contribution in [3.05, 3.63) is 32.9 Å². The summed E-state index contributed by atoms with van der Waals surface area (Å²) >= 11 is 3.47. The Morgan fingerprint density at radius 1 is 1.28 bits per heavy atom. The molecule has 0 spiro atoms. The van der Waals surface area contributed by atoms with Crippen LogP contribution in [0.25, 0.3) is 10.2 Å². The van der Waals surface area contributed by atoms with Gasteiger partial charge in [0.05, 0.1) is 5.39 Å². The van der Waals surface area contributed by atoms with Gasteiger partial charge in [-0.3, -0.25) is 9.36 Å². The van der Waals surface area contributed by atoms with Gasteiger partial charge in [-0.15, -0.1) is 11.3 Å². The normalized spacial score (nSPS) is 13.5. The second-order valence-electron chi connectivity index (χ2n) is 7.04. The van der Waals surface area contributed by atoms with E-state index in [0.29, 0.717) is 6.54 Å². The number of thioether (sulfide) groups is 1. The van der Waals surface area contributed by atoms with Crippen molar-refractivity contribution in [3.63, 3.8) is 0 Å².